The molecule has 0 aliphatic rings. The quantitative estimate of drug-likeness (QED) is 0.824. The van der Waals surface area contributed by atoms with Gasteiger partial charge in [0, 0.05) is 6.04 Å². The van der Waals surface area contributed by atoms with Crippen LogP contribution in [0.1, 0.15) is 42.1 Å². The predicted octanol–water partition coefficient (Wildman–Crippen LogP) is 4.26. The minimum absolute atomic E-state index is 0.439. The lowest BCUT2D eigenvalue weighted by molar-refractivity contribution is 0.499. The zero-order valence-electron chi connectivity index (χ0n) is 12.6. The van der Waals surface area contributed by atoms with Gasteiger partial charge in [-0.3, -0.25) is 0 Å². The second-order valence-corrected chi connectivity index (χ2v) is 6.39. The Morgan fingerprint density at radius 1 is 1.06 bits per heavy atom. The Hall–Kier alpha value is -0.470. The second kappa shape index (κ2) is 7.20. The molecule has 1 nitrogen and oxygen atoms in total. The van der Waals surface area contributed by atoms with Crippen LogP contribution in [0.5, 0.6) is 0 Å². The standard InChI is InChI=1S/C16H27NS/c1-11(10-18-6)9-17-15(5)16-8-13(3)12(2)7-14(16)4/h7-8,11,15,17H,9-10H2,1-6H3. The highest BCUT2D eigenvalue weighted by molar-refractivity contribution is 7.98. The Labute approximate surface area is 117 Å². The molecule has 0 heterocycles. The molecule has 0 aliphatic heterocycles. The van der Waals surface area contributed by atoms with Gasteiger partial charge in [0.2, 0.25) is 0 Å². The van der Waals surface area contributed by atoms with Crippen molar-refractivity contribution in [3.63, 3.8) is 0 Å². The maximum atomic E-state index is 3.66. The number of rotatable bonds is 6. The van der Waals surface area contributed by atoms with E-state index in [2.05, 4.69) is 58.3 Å². The van der Waals surface area contributed by atoms with Gasteiger partial charge in [-0.2, -0.15) is 11.8 Å². The summed E-state index contributed by atoms with van der Waals surface area (Å²) in [5, 5.41) is 3.66. The molecule has 2 atom stereocenters. The molecule has 2 heteroatoms. The van der Waals surface area contributed by atoms with Crippen LogP contribution in [0.15, 0.2) is 12.1 Å². The first-order chi connectivity index (χ1) is 8.45. The highest BCUT2D eigenvalue weighted by atomic mass is 32.2. The van der Waals surface area contributed by atoms with E-state index in [1.54, 1.807) is 0 Å². The van der Waals surface area contributed by atoms with Crippen LogP contribution in [0.3, 0.4) is 0 Å². The van der Waals surface area contributed by atoms with Crippen molar-refractivity contribution in [2.24, 2.45) is 5.92 Å². The van der Waals surface area contributed by atoms with Crippen LogP contribution >= 0.6 is 11.8 Å². The SMILES string of the molecule is CSCC(C)CNC(C)c1cc(C)c(C)cc1C. The molecular formula is C16H27NS. The van der Waals surface area contributed by atoms with E-state index in [9.17, 15) is 0 Å². The average Bonchev–Trinajstić information content (AvgIpc) is 2.31. The largest absolute Gasteiger partial charge is 0.310 e. The molecule has 1 aromatic rings. The van der Waals surface area contributed by atoms with E-state index in [1.165, 1.54) is 28.0 Å². The third-order valence-electron chi connectivity index (χ3n) is 3.57. The van der Waals surface area contributed by atoms with Gasteiger partial charge in [-0.15, -0.1) is 0 Å². The summed E-state index contributed by atoms with van der Waals surface area (Å²) in [7, 11) is 0. The average molecular weight is 265 g/mol. The highest BCUT2D eigenvalue weighted by Gasteiger charge is 2.11. The number of hydrogen-bond donors (Lipinski definition) is 1. The number of aryl methyl sites for hydroxylation is 3. The first-order valence-corrected chi connectivity index (χ1v) is 8.15. The van der Waals surface area contributed by atoms with Gasteiger partial charge < -0.3 is 5.32 Å². The van der Waals surface area contributed by atoms with Gasteiger partial charge in [0.25, 0.3) is 0 Å². The fourth-order valence-corrected chi connectivity index (χ4v) is 2.97. The van der Waals surface area contributed by atoms with Gasteiger partial charge in [0.15, 0.2) is 0 Å². The van der Waals surface area contributed by atoms with Crippen LogP contribution in [0.25, 0.3) is 0 Å². The molecule has 18 heavy (non-hydrogen) atoms. The van der Waals surface area contributed by atoms with E-state index in [0.29, 0.717) is 6.04 Å². The fraction of sp³-hybridized carbons (Fsp3) is 0.625. The van der Waals surface area contributed by atoms with Gasteiger partial charge in [-0.1, -0.05) is 19.1 Å². The molecule has 0 saturated heterocycles. The topological polar surface area (TPSA) is 12.0 Å². The fourth-order valence-electron chi connectivity index (χ4n) is 2.28. The van der Waals surface area contributed by atoms with Crippen molar-refractivity contribution in [3.05, 3.63) is 34.4 Å². The first-order valence-electron chi connectivity index (χ1n) is 6.75. The lowest BCUT2D eigenvalue weighted by atomic mass is 9.96. The maximum absolute atomic E-state index is 3.66. The molecule has 1 rings (SSSR count). The smallest absolute Gasteiger partial charge is 0.0294 e. The van der Waals surface area contributed by atoms with E-state index >= 15 is 0 Å². The van der Waals surface area contributed by atoms with Crippen molar-refractivity contribution in [1.82, 2.24) is 5.32 Å². The van der Waals surface area contributed by atoms with Crippen molar-refractivity contribution in [2.75, 3.05) is 18.6 Å². The Morgan fingerprint density at radius 3 is 2.28 bits per heavy atom. The molecule has 0 saturated carbocycles. The van der Waals surface area contributed by atoms with Gasteiger partial charge in [-0.25, -0.2) is 0 Å². The third-order valence-corrected chi connectivity index (χ3v) is 4.47. The summed E-state index contributed by atoms with van der Waals surface area (Å²) < 4.78 is 0. The molecule has 102 valence electrons. The van der Waals surface area contributed by atoms with Crippen LogP contribution in [-0.2, 0) is 0 Å². The molecule has 0 aromatic heterocycles. The lowest BCUT2D eigenvalue weighted by Gasteiger charge is -2.20. The summed E-state index contributed by atoms with van der Waals surface area (Å²) in [6, 6.07) is 5.07. The zero-order valence-corrected chi connectivity index (χ0v) is 13.4. The minimum atomic E-state index is 0.439. The van der Waals surface area contributed by atoms with Crippen molar-refractivity contribution in [1.29, 1.82) is 0 Å². The number of benzene rings is 1. The number of thioether (sulfide) groups is 1. The molecule has 0 spiro atoms. The van der Waals surface area contributed by atoms with Gasteiger partial charge in [0.05, 0.1) is 0 Å². The summed E-state index contributed by atoms with van der Waals surface area (Å²) in [6.07, 6.45) is 2.17. The Morgan fingerprint density at radius 2 is 1.67 bits per heavy atom. The third kappa shape index (κ3) is 4.33. The van der Waals surface area contributed by atoms with E-state index in [0.717, 1.165) is 12.5 Å². The van der Waals surface area contributed by atoms with Gasteiger partial charge in [0.1, 0.15) is 0 Å². The molecular weight excluding hydrogens is 238 g/mol. The van der Waals surface area contributed by atoms with Crippen molar-refractivity contribution >= 4 is 11.8 Å². The highest BCUT2D eigenvalue weighted by Crippen LogP contribution is 2.21. The van der Waals surface area contributed by atoms with Crippen molar-refractivity contribution < 1.29 is 0 Å². The normalized spacial score (nSPS) is 14.6. The number of hydrogen-bond acceptors (Lipinski definition) is 2. The maximum Gasteiger partial charge on any atom is 0.0294 e. The molecule has 0 fully saturated rings. The molecule has 0 bridgehead atoms. The Bertz CT molecular complexity index is 387. The van der Waals surface area contributed by atoms with E-state index in [-0.39, 0.29) is 0 Å². The molecule has 2 unspecified atom stereocenters. The van der Waals surface area contributed by atoms with Crippen molar-refractivity contribution in [3.8, 4) is 0 Å². The van der Waals surface area contributed by atoms with Crippen LogP contribution in [0.2, 0.25) is 0 Å². The molecule has 0 amide bonds. The first kappa shape index (κ1) is 15.6. The van der Waals surface area contributed by atoms with Gasteiger partial charge >= 0.3 is 0 Å². The van der Waals surface area contributed by atoms with E-state index in [1.807, 2.05) is 11.8 Å². The van der Waals surface area contributed by atoms with Crippen LogP contribution in [0, 0.1) is 26.7 Å². The van der Waals surface area contributed by atoms with Crippen LogP contribution in [-0.4, -0.2) is 18.6 Å². The number of nitrogens with one attached hydrogen (secondary N) is 1. The minimum Gasteiger partial charge on any atom is -0.310 e. The van der Waals surface area contributed by atoms with Gasteiger partial charge in [-0.05, 0) is 74.4 Å². The monoisotopic (exact) mass is 265 g/mol. The Kier molecular flexibility index (Phi) is 6.24. The summed E-state index contributed by atoms with van der Waals surface area (Å²) in [5.41, 5.74) is 5.62. The van der Waals surface area contributed by atoms with E-state index in [4.69, 9.17) is 0 Å². The summed E-state index contributed by atoms with van der Waals surface area (Å²) in [4.78, 5) is 0. The molecule has 0 radical (unpaired) electrons. The Balaban J connectivity index is 2.66. The predicted molar refractivity (Wildman–Crippen MR) is 84.6 cm³/mol. The molecule has 0 aliphatic carbocycles. The molecule has 1 aromatic carbocycles. The summed E-state index contributed by atoms with van der Waals surface area (Å²) in [6.45, 7) is 12.3. The zero-order chi connectivity index (χ0) is 13.7. The summed E-state index contributed by atoms with van der Waals surface area (Å²) in [5.74, 6) is 1.96. The lowest BCUT2D eigenvalue weighted by Crippen LogP contribution is -2.26. The van der Waals surface area contributed by atoms with Crippen LogP contribution in [0.4, 0.5) is 0 Å². The molecule has 1 N–H and O–H groups in total. The van der Waals surface area contributed by atoms with Crippen molar-refractivity contribution in [2.45, 2.75) is 40.7 Å². The van der Waals surface area contributed by atoms with Crippen LogP contribution < -0.4 is 5.32 Å². The summed E-state index contributed by atoms with van der Waals surface area (Å²) >= 11 is 1.92. The second-order valence-electron chi connectivity index (χ2n) is 5.48. The van der Waals surface area contributed by atoms with E-state index < -0.39 is 0 Å².